The molecule has 1 heterocycles. The highest BCUT2D eigenvalue weighted by atomic mass is 16.4. The number of aliphatic imine (C=N–C) groups is 1. The van der Waals surface area contributed by atoms with Gasteiger partial charge in [0.1, 0.15) is 18.1 Å². The number of nitrogens with zero attached hydrogens (tertiary/aromatic N) is 1. The molecule has 14 heteroatoms. The molecule has 0 radical (unpaired) electrons. The molecule has 35 heavy (non-hydrogen) atoms. The van der Waals surface area contributed by atoms with Crippen LogP contribution in [0.15, 0.2) is 4.99 Å². The lowest BCUT2D eigenvalue weighted by Crippen LogP contribution is -2.57. The SMILES string of the molecule is CC(C)CC(NC(=O)C(CC(N)=O)NC(=O)C(CCCN=C(N)N)NC(=O)C1CCCN1)C(=O)O. The van der Waals surface area contributed by atoms with Crippen LogP contribution in [0.25, 0.3) is 0 Å². The van der Waals surface area contributed by atoms with Gasteiger partial charge in [-0.1, -0.05) is 13.8 Å². The van der Waals surface area contributed by atoms with Gasteiger partial charge >= 0.3 is 5.97 Å². The van der Waals surface area contributed by atoms with E-state index in [1.807, 2.05) is 0 Å². The van der Waals surface area contributed by atoms with Crippen molar-refractivity contribution in [2.75, 3.05) is 13.1 Å². The average Bonchev–Trinajstić information content (AvgIpc) is 3.28. The van der Waals surface area contributed by atoms with E-state index in [4.69, 9.17) is 17.2 Å². The molecular weight excluding hydrogens is 460 g/mol. The third-order valence-electron chi connectivity index (χ3n) is 5.32. The van der Waals surface area contributed by atoms with Gasteiger partial charge in [-0.25, -0.2) is 4.79 Å². The van der Waals surface area contributed by atoms with Gasteiger partial charge in [-0.15, -0.1) is 0 Å². The maximum atomic E-state index is 13.0. The van der Waals surface area contributed by atoms with Gasteiger partial charge in [-0.3, -0.25) is 24.2 Å². The number of hydrogen-bond acceptors (Lipinski definition) is 7. The Bertz CT molecular complexity index is 793. The summed E-state index contributed by atoms with van der Waals surface area (Å²) in [5.41, 5.74) is 15.9. The number of amides is 4. The van der Waals surface area contributed by atoms with E-state index in [1.54, 1.807) is 13.8 Å². The van der Waals surface area contributed by atoms with Crippen LogP contribution in [0.4, 0.5) is 0 Å². The summed E-state index contributed by atoms with van der Waals surface area (Å²) in [5.74, 6) is -4.23. The van der Waals surface area contributed by atoms with Crippen LogP contribution in [0.2, 0.25) is 0 Å². The van der Waals surface area contributed by atoms with Crippen molar-refractivity contribution in [3.05, 3.63) is 0 Å². The smallest absolute Gasteiger partial charge is 0.326 e. The predicted molar refractivity (Wildman–Crippen MR) is 128 cm³/mol. The zero-order valence-electron chi connectivity index (χ0n) is 20.2. The van der Waals surface area contributed by atoms with Crippen LogP contribution < -0.4 is 38.5 Å². The second kappa shape index (κ2) is 14.8. The quantitative estimate of drug-likeness (QED) is 0.0661. The molecule has 11 N–H and O–H groups in total. The summed E-state index contributed by atoms with van der Waals surface area (Å²) >= 11 is 0. The second-order valence-corrected chi connectivity index (χ2v) is 8.92. The Kier molecular flexibility index (Phi) is 12.5. The summed E-state index contributed by atoms with van der Waals surface area (Å²) < 4.78 is 0. The Balaban J connectivity index is 2.96. The Morgan fingerprint density at radius 2 is 1.63 bits per heavy atom. The largest absolute Gasteiger partial charge is 0.480 e. The molecule has 198 valence electrons. The van der Waals surface area contributed by atoms with E-state index >= 15 is 0 Å². The molecule has 0 aromatic heterocycles. The molecule has 4 amide bonds. The van der Waals surface area contributed by atoms with E-state index in [1.165, 1.54) is 0 Å². The summed E-state index contributed by atoms with van der Waals surface area (Å²) in [6.45, 7) is 4.48. The van der Waals surface area contributed by atoms with Gasteiger partial charge in [0.2, 0.25) is 23.6 Å². The standard InChI is InChI=1S/C21H38N8O6/c1-11(2)9-15(20(34)35)29-19(33)14(10-16(22)30)28-18(32)13(6-4-8-26-21(23)24)27-17(31)12-5-3-7-25-12/h11-15,25H,3-10H2,1-2H3,(H2,22,30)(H,27,31)(H,28,32)(H,29,33)(H,34,35)(H4,23,24,26). The maximum Gasteiger partial charge on any atom is 0.326 e. The van der Waals surface area contributed by atoms with Gasteiger partial charge in [0.15, 0.2) is 5.96 Å². The van der Waals surface area contributed by atoms with E-state index in [2.05, 4.69) is 26.3 Å². The first-order valence-electron chi connectivity index (χ1n) is 11.6. The topological polar surface area (TPSA) is 244 Å². The van der Waals surface area contributed by atoms with Gasteiger partial charge in [-0.2, -0.15) is 0 Å². The molecule has 1 saturated heterocycles. The molecule has 14 nitrogen and oxygen atoms in total. The molecule has 0 saturated carbocycles. The van der Waals surface area contributed by atoms with E-state index in [0.717, 1.165) is 6.42 Å². The number of carboxylic acid groups (broad SMARTS) is 1. The van der Waals surface area contributed by atoms with Crippen molar-refractivity contribution in [1.29, 1.82) is 0 Å². The normalized spacial score (nSPS) is 17.6. The van der Waals surface area contributed by atoms with Crippen LogP contribution >= 0.6 is 0 Å². The molecule has 4 atom stereocenters. The molecule has 0 bridgehead atoms. The second-order valence-electron chi connectivity index (χ2n) is 8.92. The molecule has 1 rings (SSSR count). The molecule has 0 spiro atoms. The third-order valence-corrected chi connectivity index (χ3v) is 5.32. The Hall–Kier alpha value is -3.42. The highest BCUT2D eigenvalue weighted by molar-refractivity contribution is 5.96. The fraction of sp³-hybridized carbons (Fsp3) is 0.714. The minimum atomic E-state index is -1.42. The zero-order chi connectivity index (χ0) is 26.5. The fourth-order valence-electron chi connectivity index (χ4n) is 3.60. The summed E-state index contributed by atoms with van der Waals surface area (Å²) in [6, 6.07) is -4.12. The lowest BCUT2D eigenvalue weighted by Gasteiger charge is -2.25. The number of nitrogens with one attached hydrogen (secondary N) is 4. The van der Waals surface area contributed by atoms with Crippen molar-refractivity contribution < 1.29 is 29.1 Å². The Labute approximate surface area is 204 Å². The monoisotopic (exact) mass is 498 g/mol. The van der Waals surface area contributed by atoms with Crippen LogP contribution in [0.1, 0.15) is 52.4 Å². The number of guanidine groups is 1. The van der Waals surface area contributed by atoms with Crippen LogP contribution in [0.5, 0.6) is 0 Å². The van der Waals surface area contributed by atoms with Crippen LogP contribution in [0.3, 0.4) is 0 Å². The molecular formula is C21H38N8O6. The van der Waals surface area contributed by atoms with E-state index < -0.39 is 54.3 Å². The molecule has 0 aliphatic carbocycles. The van der Waals surface area contributed by atoms with Crippen molar-refractivity contribution in [2.24, 2.45) is 28.1 Å². The van der Waals surface area contributed by atoms with Crippen molar-refractivity contribution in [3.8, 4) is 0 Å². The van der Waals surface area contributed by atoms with Crippen LogP contribution in [0, 0.1) is 5.92 Å². The first-order chi connectivity index (χ1) is 16.4. The number of carbonyl (C=O) groups excluding carboxylic acids is 4. The number of aliphatic carboxylic acids is 1. The molecule has 1 fully saturated rings. The summed E-state index contributed by atoms with van der Waals surface area (Å²) in [5, 5.41) is 19.9. The Morgan fingerprint density at radius 3 is 2.14 bits per heavy atom. The highest BCUT2D eigenvalue weighted by Gasteiger charge is 2.32. The number of rotatable bonds is 15. The van der Waals surface area contributed by atoms with Gasteiger partial charge in [-0.05, 0) is 44.6 Å². The maximum absolute atomic E-state index is 13.0. The first kappa shape index (κ1) is 29.6. The fourth-order valence-corrected chi connectivity index (χ4v) is 3.60. The number of carbonyl (C=O) groups is 5. The number of primary amides is 1. The molecule has 0 aromatic rings. The number of hydrogen-bond donors (Lipinski definition) is 8. The van der Waals surface area contributed by atoms with Crippen molar-refractivity contribution in [2.45, 2.75) is 76.5 Å². The Morgan fingerprint density at radius 1 is 1.00 bits per heavy atom. The van der Waals surface area contributed by atoms with E-state index in [-0.39, 0.29) is 37.2 Å². The van der Waals surface area contributed by atoms with Gasteiger partial charge in [0.05, 0.1) is 12.5 Å². The minimum absolute atomic E-state index is 0.0328. The van der Waals surface area contributed by atoms with Gasteiger partial charge in [0, 0.05) is 6.54 Å². The minimum Gasteiger partial charge on any atom is -0.480 e. The summed E-state index contributed by atoms with van der Waals surface area (Å²) in [7, 11) is 0. The van der Waals surface area contributed by atoms with E-state index in [0.29, 0.717) is 19.4 Å². The zero-order valence-corrected chi connectivity index (χ0v) is 20.2. The van der Waals surface area contributed by atoms with Crippen molar-refractivity contribution >= 4 is 35.6 Å². The number of carboxylic acids is 1. The summed E-state index contributed by atoms with van der Waals surface area (Å²) in [4.78, 5) is 65.3. The summed E-state index contributed by atoms with van der Waals surface area (Å²) in [6.07, 6.45) is 1.53. The van der Waals surface area contributed by atoms with Crippen molar-refractivity contribution in [3.63, 3.8) is 0 Å². The average molecular weight is 499 g/mol. The van der Waals surface area contributed by atoms with Gasteiger partial charge < -0.3 is 43.6 Å². The lowest BCUT2D eigenvalue weighted by molar-refractivity contribution is -0.143. The number of nitrogens with two attached hydrogens (primary N) is 3. The van der Waals surface area contributed by atoms with Gasteiger partial charge in [0.25, 0.3) is 0 Å². The first-order valence-corrected chi connectivity index (χ1v) is 11.6. The molecule has 4 unspecified atom stereocenters. The highest BCUT2D eigenvalue weighted by Crippen LogP contribution is 2.09. The lowest BCUT2D eigenvalue weighted by atomic mass is 10.0. The predicted octanol–water partition coefficient (Wildman–Crippen LogP) is -2.75. The van der Waals surface area contributed by atoms with E-state index in [9.17, 15) is 29.1 Å². The molecule has 1 aliphatic rings. The molecule has 1 aliphatic heterocycles. The van der Waals surface area contributed by atoms with Crippen molar-refractivity contribution in [1.82, 2.24) is 21.3 Å². The third kappa shape index (κ3) is 11.5. The van der Waals surface area contributed by atoms with Crippen LogP contribution in [-0.2, 0) is 24.0 Å². The molecule has 0 aromatic carbocycles. The van der Waals surface area contributed by atoms with Crippen LogP contribution in [-0.4, -0.2) is 77.9 Å².